The average molecular weight is 391 g/mol. The lowest BCUT2D eigenvalue weighted by Crippen LogP contribution is -2.20. The van der Waals surface area contributed by atoms with Gasteiger partial charge in [0.25, 0.3) is 5.69 Å². The van der Waals surface area contributed by atoms with Gasteiger partial charge in [-0.05, 0) is 25.1 Å². The van der Waals surface area contributed by atoms with E-state index in [1.165, 1.54) is 37.5 Å². The van der Waals surface area contributed by atoms with Crippen molar-refractivity contribution >= 4 is 29.3 Å². The van der Waals surface area contributed by atoms with E-state index < -0.39 is 17.0 Å². The van der Waals surface area contributed by atoms with Crippen molar-refractivity contribution in [2.75, 3.05) is 13.7 Å². The molecule has 9 heteroatoms. The van der Waals surface area contributed by atoms with Gasteiger partial charge in [-0.2, -0.15) is 5.26 Å². The molecule has 0 saturated carbocycles. The number of methoxy groups -OCH3 is 1. The number of ether oxygens (including phenoxy) is 2. The van der Waals surface area contributed by atoms with Crippen LogP contribution in [0.1, 0.15) is 12.7 Å². The number of esters is 1. The summed E-state index contributed by atoms with van der Waals surface area (Å²) >= 11 is 6.07. The number of carbonyl (C=O) groups excluding carboxylic acids is 1. The fraction of sp³-hybridized carbons (Fsp3) is 0.222. The summed E-state index contributed by atoms with van der Waals surface area (Å²) in [5, 5.41) is 20.1. The van der Waals surface area contributed by atoms with Gasteiger partial charge in [0.1, 0.15) is 29.3 Å². The van der Waals surface area contributed by atoms with Crippen LogP contribution in [0, 0.1) is 21.4 Å². The van der Waals surface area contributed by atoms with E-state index in [2.05, 4.69) is 0 Å². The molecule has 1 atom stereocenters. The summed E-state index contributed by atoms with van der Waals surface area (Å²) in [7, 11) is 1.47. The second-order valence-corrected chi connectivity index (χ2v) is 5.87. The van der Waals surface area contributed by atoms with Gasteiger partial charge >= 0.3 is 5.97 Å². The van der Waals surface area contributed by atoms with Crippen LogP contribution in [0.5, 0.6) is 0 Å². The predicted octanol–water partition coefficient (Wildman–Crippen LogP) is 3.99. The van der Waals surface area contributed by atoms with Crippen LogP contribution in [-0.4, -0.2) is 30.7 Å². The van der Waals surface area contributed by atoms with Gasteiger partial charge in [-0.1, -0.05) is 11.6 Å². The number of halogens is 1. The molecule has 0 aliphatic heterocycles. The highest BCUT2D eigenvalue weighted by atomic mass is 35.5. The molecule has 0 aliphatic carbocycles. The lowest BCUT2D eigenvalue weighted by molar-refractivity contribution is -0.384. The summed E-state index contributed by atoms with van der Waals surface area (Å²) < 4.78 is 15.5. The monoisotopic (exact) mass is 390 g/mol. The molecule has 8 nitrogen and oxygen atoms in total. The lowest BCUT2D eigenvalue weighted by atomic mass is 10.1. The molecule has 0 amide bonds. The maximum Gasteiger partial charge on any atom is 0.349 e. The number of non-ortho nitro benzene ring substituents is 1. The molecule has 1 aromatic carbocycles. The highest BCUT2D eigenvalue weighted by Crippen LogP contribution is 2.32. The smallest absolute Gasteiger partial charge is 0.349 e. The fourth-order valence-corrected chi connectivity index (χ4v) is 2.45. The van der Waals surface area contributed by atoms with E-state index in [9.17, 15) is 20.2 Å². The molecular weight excluding hydrogens is 376 g/mol. The van der Waals surface area contributed by atoms with Crippen LogP contribution in [0.25, 0.3) is 17.4 Å². The third kappa shape index (κ3) is 5.17. The standard InChI is InChI=1S/C18H15ClN2O6/c1-11(10-25-2)26-18(22)12(9-20)7-14-4-6-17(27-14)15-5-3-13(21(23)24)8-16(15)19/h3-8,11H,10H2,1-2H3/b12-7+/t11-/m1/s1. The highest BCUT2D eigenvalue weighted by molar-refractivity contribution is 6.33. The number of furan rings is 1. The summed E-state index contributed by atoms with van der Waals surface area (Å²) in [6.45, 7) is 1.84. The van der Waals surface area contributed by atoms with Gasteiger partial charge in [-0.15, -0.1) is 0 Å². The van der Waals surface area contributed by atoms with E-state index in [4.69, 9.17) is 25.5 Å². The Kier molecular flexibility index (Phi) is 6.71. The number of nitriles is 1. The van der Waals surface area contributed by atoms with Gasteiger partial charge in [0.2, 0.25) is 0 Å². The van der Waals surface area contributed by atoms with Gasteiger partial charge in [0, 0.05) is 30.9 Å². The number of nitro groups is 1. The normalized spacial score (nSPS) is 12.3. The molecule has 0 N–H and O–H groups in total. The van der Waals surface area contributed by atoms with E-state index in [1.54, 1.807) is 19.1 Å². The molecule has 27 heavy (non-hydrogen) atoms. The SMILES string of the molecule is COC[C@@H](C)OC(=O)/C(C#N)=C/c1ccc(-c2ccc([N+](=O)[O-])cc2Cl)o1. The Bertz CT molecular complexity index is 928. The number of nitro benzene ring substituents is 1. The van der Waals surface area contributed by atoms with Gasteiger partial charge in [0.05, 0.1) is 16.6 Å². The minimum Gasteiger partial charge on any atom is -0.457 e. The van der Waals surface area contributed by atoms with Gasteiger partial charge in [-0.3, -0.25) is 10.1 Å². The maximum absolute atomic E-state index is 12.0. The number of hydrogen-bond acceptors (Lipinski definition) is 7. The third-order valence-electron chi connectivity index (χ3n) is 3.39. The van der Waals surface area contributed by atoms with Crippen molar-refractivity contribution in [3.05, 3.63) is 56.8 Å². The summed E-state index contributed by atoms with van der Waals surface area (Å²) in [4.78, 5) is 22.2. The summed E-state index contributed by atoms with van der Waals surface area (Å²) in [6.07, 6.45) is 0.732. The van der Waals surface area contributed by atoms with Crippen LogP contribution in [0.15, 0.2) is 40.3 Å². The molecule has 0 bridgehead atoms. The minimum atomic E-state index is -0.798. The van der Waals surface area contributed by atoms with Crippen molar-refractivity contribution in [3.63, 3.8) is 0 Å². The van der Waals surface area contributed by atoms with Crippen LogP contribution < -0.4 is 0 Å². The van der Waals surface area contributed by atoms with Crippen LogP contribution >= 0.6 is 11.6 Å². The Morgan fingerprint density at radius 1 is 1.44 bits per heavy atom. The van der Waals surface area contributed by atoms with Crippen molar-refractivity contribution in [3.8, 4) is 17.4 Å². The zero-order chi connectivity index (χ0) is 20.0. The Morgan fingerprint density at radius 2 is 2.19 bits per heavy atom. The zero-order valence-corrected chi connectivity index (χ0v) is 15.2. The number of nitrogens with zero attached hydrogens (tertiary/aromatic N) is 2. The molecule has 0 aliphatic rings. The molecule has 0 saturated heterocycles. The van der Waals surface area contributed by atoms with E-state index in [0.717, 1.165) is 0 Å². The minimum absolute atomic E-state index is 0.141. The van der Waals surface area contributed by atoms with E-state index in [-0.39, 0.29) is 28.7 Å². The second-order valence-electron chi connectivity index (χ2n) is 5.46. The Balaban J connectivity index is 2.23. The first kappa shape index (κ1) is 20.2. The molecule has 1 heterocycles. The maximum atomic E-state index is 12.0. The topological polar surface area (TPSA) is 116 Å². The summed E-state index contributed by atoms with van der Waals surface area (Å²) in [5.74, 6) is -0.236. The highest BCUT2D eigenvalue weighted by Gasteiger charge is 2.17. The Labute approximate surface area is 159 Å². The first-order valence-electron chi connectivity index (χ1n) is 7.71. The van der Waals surface area contributed by atoms with Gasteiger partial charge in [0.15, 0.2) is 0 Å². The van der Waals surface area contributed by atoms with E-state index in [0.29, 0.717) is 11.3 Å². The Morgan fingerprint density at radius 3 is 2.78 bits per heavy atom. The average Bonchev–Trinajstić information content (AvgIpc) is 3.07. The van der Waals surface area contributed by atoms with Crippen molar-refractivity contribution < 1.29 is 23.6 Å². The molecular formula is C18H15ClN2O6. The third-order valence-corrected chi connectivity index (χ3v) is 3.70. The lowest BCUT2D eigenvalue weighted by Gasteiger charge is -2.11. The van der Waals surface area contributed by atoms with Gasteiger partial charge in [-0.25, -0.2) is 4.79 Å². The van der Waals surface area contributed by atoms with Crippen molar-refractivity contribution in [2.45, 2.75) is 13.0 Å². The molecule has 2 rings (SSSR count). The van der Waals surface area contributed by atoms with E-state index in [1.807, 2.05) is 0 Å². The number of rotatable bonds is 7. The Hall–Kier alpha value is -3.15. The predicted molar refractivity (Wildman–Crippen MR) is 96.8 cm³/mol. The quantitative estimate of drug-likeness (QED) is 0.230. The fourth-order valence-electron chi connectivity index (χ4n) is 2.19. The van der Waals surface area contributed by atoms with E-state index >= 15 is 0 Å². The molecule has 140 valence electrons. The summed E-state index contributed by atoms with van der Waals surface area (Å²) in [5.41, 5.74) is 0.0560. The van der Waals surface area contributed by atoms with Crippen molar-refractivity contribution in [2.24, 2.45) is 0 Å². The second kappa shape index (κ2) is 8.98. The first-order chi connectivity index (χ1) is 12.8. The molecule has 0 radical (unpaired) electrons. The molecule has 2 aromatic rings. The zero-order valence-electron chi connectivity index (χ0n) is 14.5. The molecule has 0 unspecified atom stereocenters. The van der Waals surface area contributed by atoms with Crippen molar-refractivity contribution in [1.29, 1.82) is 5.26 Å². The largest absolute Gasteiger partial charge is 0.457 e. The summed E-state index contributed by atoms with van der Waals surface area (Å²) in [6, 6.07) is 8.85. The van der Waals surface area contributed by atoms with Crippen LogP contribution in [0.4, 0.5) is 5.69 Å². The number of hydrogen-bond donors (Lipinski definition) is 0. The molecule has 1 aromatic heterocycles. The van der Waals surface area contributed by atoms with Crippen LogP contribution in [-0.2, 0) is 14.3 Å². The van der Waals surface area contributed by atoms with Crippen LogP contribution in [0.2, 0.25) is 5.02 Å². The number of benzene rings is 1. The first-order valence-corrected chi connectivity index (χ1v) is 8.09. The van der Waals surface area contributed by atoms with Crippen LogP contribution in [0.3, 0.4) is 0 Å². The molecule has 0 fully saturated rings. The number of carbonyl (C=O) groups is 1. The van der Waals surface area contributed by atoms with Gasteiger partial charge < -0.3 is 13.9 Å². The van der Waals surface area contributed by atoms with Crippen molar-refractivity contribution in [1.82, 2.24) is 0 Å². The molecule has 0 spiro atoms.